The molecule has 0 aliphatic carbocycles. The first-order valence-corrected chi connectivity index (χ1v) is 5.73. The average molecular weight is 221 g/mol. The van der Waals surface area contributed by atoms with Crippen LogP contribution in [0.25, 0.3) is 0 Å². The Hall–Kier alpha value is -1.06. The third-order valence-corrected chi connectivity index (χ3v) is 2.90. The fourth-order valence-electron chi connectivity index (χ4n) is 2.08. The van der Waals surface area contributed by atoms with Gasteiger partial charge in [-0.3, -0.25) is 0 Å². The van der Waals surface area contributed by atoms with Gasteiger partial charge >= 0.3 is 0 Å². The largest absolute Gasteiger partial charge is 0.467 e. The van der Waals surface area contributed by atoms with Crippen LogP contribution in [0.1, 0.15) is 23.6 Å². The van der Waals surface area contributed by atoms with Crippen LogP contribution in [0.2, 0.25) is 0 Å². The van der Waals surface area contributed by atoms with E-state index in [2.05, 4.69) is 26.0 Å². The smallest absolute Gasteiger partial charge is 0.189 e. The lowest BCUT2D eigenvalue weighted by Gasteiger charge is -2.22. The van der Waals surface area contributed by atoms with E-state index in [1.807, 2.05) is 0 Å². The average Bonchev–Trinajstić information content (AvgIpc) is 2.28. The summed E-state index contributed by atoms with van der Waals surface area (Å²) < 4.78 is 10.9. The Morgan fingerprint density at radius 3 is 3.00 bits per heavy atom. The number of ether oxygens (including phenoxy) is 2. The zero-order chi connectivity index (χ0) is 11.5. The van der Waals surface area contributed by atoms with E-state index in [-0.39, 0.29) is 0 Å². The van der Waals surface area contributed by atoms with E-state index in [1.165, 1.54) is 11.1 Å². The number of benzene rings is 1. The van der Waals surface area contributed by atoms with Gasteiger partial charge in [0.05, 0.1) is 6.61 Å². The third kappa shape index (κ3) is 2.36. The maximum atomic E-state index is 5.67. The molecule has 0 radical (unpaired) electrons. The molecule has 1 aromatic rings. The van der Waals surface area contributed by atoms with Gasteiger partial charge in [-0.25, -0.2) is 0 Å². The van der Waals surface area contributed by atoms with Crippen LogP contribution in [0.5, 0.6) is 5.75 Å². The highest BCUT2D eigenvalue weighted by atomic mass is 16.7. The Kier molecular flexibility index (Phi) is 3.46. The first-order valence-electron chi connectivity index (χ1n) is 5.73. The van der Waals surface area contributed by atoms with E-state index < -0.39 is 0 Å². The number of aryl methyl sites for hydroxylation is 1. The molecule has 1 aromatic carbocycles. The lowest BCUT2D eigenvalue weighted by atomic mass is 9.96. The molecule has 3 nitrogen and oxygen atoms in total. The van der Waals surface area contributed by atoms with E-state index in [0.29, 0.717) is 25.9 Å². The maximum Gasteiger partial charge on any atom is 0.189 e. The van der Waals surface area contributed by atoms with E-state index >= 15 is 0 Å². The zero-order valence-corrected chi connectivity index (χ0v) is 9.95. The van der Waals surface area contributed by atoms with Gasteiger partial charge in [-0.2, -0.15) is 0 Å². The molecule has 0 aromatic heterocycles. The van der Waals surface area contributed by atoms with Crippen molar-refractivity contribution in [3.05, 3.63) is 28.8 Å². The molecule has 16 heavy (non-hydrogen) atoms. The van der Waals surface area contributed by atoms with Crippen LogP contribution in [0.3, 0.4) is 0 Å². The topological polar surface area (TPSA) is 44.5 Å². The fraction of sp³-hybridized carbons (Fsp3) is 0.538. The highest BCUT2D eigenvalue weighted by Gasteiger charge is 2.16. The van der Waals surface area contributed by atoms with Gasteiger partial charge in [-0.1, -0.05) is 24.6 Å². The third-order valence-electron chi connectivity index (χ3n) is 2.90. The highest BCUT2D eigenvalue weighted by molar-refractivity contribution is 5.45. The highest BCUT2D eigenvalue weighted by Crippen LogP contribution is 2.31. The summed E-state index contributed by atoms with van der Waals surface area (Å²) in [5.74, 6) is 1.49. The minimum atomic E-state index is 0.361. The molecule has 88 valence electrons. The quantitative estimate of drug-likeness (QED) is 0.849. The predicted molar refractivity (Wildman–Crippen MR) is 63.4 cm³/mol. The van der Waals surface area contributed by atoms with Gasteiger partial charge in [0.2, 0.25) is 0 Å². The van der Waals surface area contributed by atoms with Crippen molar-refractivity contribution >= 4 is 0 Å². The summed E-state index contributed by atoms with van der Waals surface area (Å²) in [6.07, 6.45) is 0.973. The van der Waals surface area contributed by atoms with Crippen molar-refractivity contribution in [1.82, 2.24) is 0 Å². The standard InChI is InChI=1S/C13H19NO2/c1-9-3-11(5-10(2)6-14)13-12(4-9)7-15-8-16-13/h3-4,10H,5-8,14H2,1-2H3. The summed E-state index contributed by atoms with van der Waals surface area (Å²) >= 11 is 0. The van der Waals surface area contributed by atoms with Crippen LogP contribution in [-0.4, -0.2) is 13.3 Å². The Morgan fingerprint density at radius 2 is 2.25 bits per heavy atom. The second kappa shape index (κ2) is 4.85. The molecular weight excluding hydrogens is 202 g/mol. The molecule has 1 aliphatic rings. The molecule has 1 aliphatic heterocycles. The van der Waals surface area contributed by atoms with E-state index in [9.17, 15) is 0 Å². The molecular formula is C13H19NO2. The number of hydrogen-bond donors (Lipinski definition) is 1. The molecule has 0 bridgehead atoms. The lowest BCUT2D eigenvalue weighted by molar-refractivity contribution is -0.0171. The molecule has 0 saturated carbocycles. The minimum Gasteiger partial charge on any atom is -0.467 e. The minimum absolute atomic E-state index is 0.361. The summed E-state index contributed by atoms with van der Waals surface area (Å²) in [4.78, 5) is 0. The number of nitrogens with two attached hydrogens (primary N) is 1. The molecule has 0 spiro atoms. The molecule has 0 saturated heterocycles. The first kappa shape index (κ1) is 11.4. The van der Waals surface area contributed by atoms with Crippen molar-refractivity contribution < 1.29 is 9.47 Å². The van der Waals surface area contributed by atoms with Crippen molar-refractivity contribution in [3.63, 3.8) is 0 Å². The summed E-state index contributed by atoms with van der Waals surface area (Å²) in [7, 11) is 0. The predicted octanol–water partition coefficient (Wildman–Crippen LogP) is 2.00. The van der Waals surface area contributed by atoms with Gasteiger partial charge in [-0.05, 0) is 31.4 Å². The van der Waals surface area contributed by atoms with E-state index in [0.717, 1.165) is 17.7 Å². The summed E-state index contributed by atoms with van der Waals surface area (Å²) in [6.45, 7) is 5.99. The van der Waals surface area contributed by atoms with Gasteiger partial charge in [0.25, 0.3) is 0 Å². The maximum absolute atomic E-state index is 5.67. The first-order chi connectivity index (χ1) is 7.70. The number of rotatable bonds is 3. The van der Waals surface area contributed by atoms with Crippen LogP contribution in [-0.2, 0) is 17.8 Å². The molecule has 1 unspecified atom stereocenters. The fourth-order valence-corrected chi connectivity index (χ4v) is 2.08. The molecule has 1 heterocycles. The molecule has 0 fully saturated rings. The Morgan fingerprint density at radius 1 is 1.44 bits per heavy atom. The summed E-state index contributed by atoms with van der Waals surface area (Å²) in [5.41, 5.74) is 9.34. The van der Waals surface area contributed by atoms with Crippen molar-refractivity contribution in [2.75, 3.05) is 13.3 Å². The number of fused-ring (bicyclic) bond motifs is 1. The van der Waals surface area contributed by atoms with Crippen LogP contribution in [0.4, 0.5) is 0 Å². The van der Waals surface area contributed by atoms with Gasteiger partial charge in [-0.15, -0.1) is 0 Å². The van der Waals surface area contributed by atoms with E-state index in [1.54, 1.807) is 0 Å². The second-order valence-corrected chi connectivity index (χ2v) is 4.57. The Bertz CT molecular complexity index is 376. The van der Waals surface area contributed by atoms with Crippen molar-refractivity contribution in [1.29, 1.82) is 0 Å². The summed E-state index contributed by atoms with van der Waals surface area (Å²) in [5, 5.41) is 0. The van der Waals surface area contributed by atoms with E-state index in [4.69, 9.17) is 15.2 Å². The Balaban J connectivity index is 2.31. The van der Waals surface area contributed by atoms with Gasteiger partial charge < -0.3 is 15.2 Å². The normalized spacial score (nSPS) is 16.4. The molecule has 2 rings (SSSR count). The van der Waals surface area contributed by atoms with Crippen molar-refractivity contribution in [2.24, 2.45) is 11.7 Å². The van der Waals surface area contributed by atoms with Gasteiger partial charge in [0.1, 0.15) is 5.75 Å². The molecule has 0 amide bonds. The number of hydrogen-bond acceptors (Lipinski definition) is 3. The van der Waals surface area contributed by atoms with Crippen molar-refractivity contribution in [3.8, 4) is 5.75 Å². The van der Waals surface area contributed by atoms with Crippen LogP contribution in [0.15, 0.2) is 12.1 Å². The summed E-state index contributed by atoms with van der Waals surface area (Å²) in [6, 6.07) is 4.32. The Labute approximate surface area is 96.5 Å². The van der Waals surface area contributed by atoms with Crippen LogP contribution in [0, 0.1) is 12.8 Å². The van der Waals surface area contributed by atoms with Gasteiger partial charge in [0, 0.05) is 5.56 Å². The lowest BCUT2D eigenvalue weighted by Crippen LogP contribution is -2.17. The molecule has 1 atom stereocenters. The second-order valence-electron chi connectivity index (χ2n) is 4.57. The van der Waals surface area contributed by atoms with Crippen LogP contribution >= 0.6 is 0 Å². The monoisotopic (exact) mass is 221 g/mol. The molecule has 3 heteroatoms. The SMILES string of the molecule is Cc1cc2c(c(CC(C)CN)c1)OCOC2. The zero-order valence-electron chi connectivity index (χ0n) is 9.95. The van der Waals surface area contributed by atoms with Crippen LogP contribution < -0.4 is 10.5 Å². The molecule has 2 N–H and O–H groups in total. The van der Waals surface area contributed by atoms with Gasteiger partial charge in [0.15, 0.2) is 6.79 Å². The van der Waals surface area contributed by atoms with Crippen molar-refractivity contribution in [2.45, 2.75) is 26.9 Å².